The van der Waals surface area contributed by atoms with Crippen molar-refractivity contribution in [2.45, 2.75) is 58.5 Å². The topological polar surface area (TPSA) is 18.5 Å². The smallest absolute Gasteiger partial charge is 0.0235 e. The number of likely N-dealkylation sites (tertiary alicyclic amines) is 2. The second kappa shape index (κ2) is 7.61. The average Bonchev–Trinajstić information content (AvgIpc) is 3.03. The molecule has 0 aromatic carbocycles. The Kier molecular flexibility index (Phi) is 6.11. The van der Waals surface area contributed by atoms with E-state index in [0.717, 1.165) is 24.5 Å². The van der Waals surface area contributed by atoms with Crippen molar-refractivity contribution in [2.75, 3.05) is 39.3 Å². The van der Waals surface area contributed by atoms with Crippen molar-refractivity contribution in [3.8, 4) is 0 Å². The van der Waals surface area contributed by atoms with Crippen LogP contribution in [0.2, 0.25) is 0 Å². The Morgan fingerprint density at radius 1 is 1.11 bits per heavy atom. The third kappa shape index (κ3) is 4.73. The van der Waals surface area contributed by atoms with Gasteiger partial charge in [-0.2, -0.15) is 0 Å². The van der Waals surface area contributed by atoms with Gasteiger partial charge in [-0.1, -0.05) is 13.8 Å². The van der Waals surface area contributed by atoms with Crippen LogP contribution in [0.4, 0.5) is 0 Å². The second-order valence-corrected chi connectivity index (χ2v) is 6.92. The average molecular weight is 267 g/mol. The van der Waals surface area contributed by atoms with Gasteiger partial charge in [0.25, 0.3) is 0 Å². The van der Waals surface area contributed by atoms with Crippen LogP contribution in [0.5, 0.6) is 0 Å². The first kappa shape index (κ1) is 15.3. The van der Waals surface area contributed by atoms with E-state index in [1.807, 2.05) is 0 Å². The summed E-state index contributed by atoms with van der Waals surface area (Å²) in [7, 11) is 0. The molecule has 2 saturated heterocycles. The molecule has 0 radical (unpaired) electrons. The Morgan fingerprint density at radius 2 is 1.84 bits per heavy atom. The molecule has 2 fully saturated rings. The van der Waals surface area contributed by atoms with E-state index in [9.17, 15) is 0 Å². The molecular formula is C16H33N3. The van der Waals surface area contributed by atoms with E-state index in [1.54, 1.807) is 0 Å². The van der Waals surface area contributed by atoms with Crippen LogP contribution in [0, 0.1) is 5.92 Å². The van der Waals surface area contributed by atoms with Crippen molar-refractivity contribution in [3.05, 3.63) is 0 Å². The summed E-state index contributed by atoms with van der Waals surface area (Å²) in [6, 6.07) is 1.60. The summed E-state index contributed by atoms with van der Waals surface area (Å²) in [4.78, 5) is 5.43. The summed E-state index contributed by atoms with van der Waals surface area (Å²) < 4.78 is 0. The Morgan fingerprint density at radius 3 is 2.53 bits per heavy atom. The summed E-state index contributed by atoms with van der Waals surface area (Å²) in [5.74, 6) is 0.765. The summed E-state index contributed by atoms with van der Waals surface area (Å²) in [6.07, 6.45) is 5.53. The first-order valence-electron chi connectivity index (χ1n) is 8.35. The fourth-order valence-electron chi connectivity index (χ4n) is 3.46. The fourth-order valence-corrected chi connectivity index (χ4v) is 3.46. The molecule has 2 aliphatic heterocycles. The standard InChI is InChI=1S/C16H33N3/c1-14(2)12-17-8-6-15(3)19-11-7-16(13-19)18-9-4-5-10-18/h14-17H,4-13H2,1-3H3. The molecule has 0 spiro atoms. The lowest BCUT2D eigenvalue weighted by atomic mass is 10.2. The van der Waals surface area contributed by atoms with Crippen molar-refractivity contribution < 1.29 is 0 Å². The first-order chi connectivity index (χ1) is 9.16. The van der Waals surface area contributed by atoms with Gasteiger partial charge in [-0.25, -0.2) is 0 Å². The molecule has 2 rings (SSSR count). The van der Waals surface area contributed by atoms with E-state index in [-0.39, 0.29) is 0 Å². The Bertz CT molecular complexity index is 248. The molecule has 0 aromatic rings. The zero-order chi connectivity index (χ0) is 13.7. The molecule has 3 heteroatoms. The molecule has 2 atom stereocenters. The van der Waals surface area contributed by atoms with Crippen LogP contribution in [0.15, 0.2) is 0 Å². The highest BCUT2D eigenvalue weighted by Crippen LogP contribution is 2.22. The van der Waals surface area contributed by atoms with Crippen molar-refractivity contribution in [1.82, 2.24) is 15.1 Å². The van der Waals surface area contributed by atoms with Crippen molar-refractivity contribution in [3.63, 3.8) is 0 Å². The van der Waals surface area contributed by atoms with Crippen molar-refractivity contribution in [1.29, 1.82) is 0 Å². The van der Waals surface area contributed by atoms with Crippen LogP contribution < -0.4 is 5.32 Å². The highest BCUT2D eigenvalue weighted by atomic mass is 15.3. The predicted octanol–water partition coefficient (Wildman–Crippen LogP) is 2.18. The Labute approximate surface area is 119 Å². The molecule has 0 amide bonds. The van der Waals surface area contributed by atoms with E-state index < -0.39 is 0 Å². The number of nitrogens with one attached hydrogen (secondary N) is 1. The highest BCUT2D eigenvalue weighted by molar-refractivity contribution is 4.87. The molecule has 112 valence electrons. The molecule has 3 nitrogen and oxygen atoms in total. The minimum absolute atomic E-state index is 0.743. The van der Waals surface area contributed by atoms with Crippen LogP contribution >= 0.6 is 0 Å². The SMILES string of the molecule is CC(C)CNCCC(C)N1CCC(N2CCCC2)C1. The maximum absolute atomic E-state index is 3.57. The predicted molar refractivity (Wildman–Crippen MR) is 82.6 cm³/mol. The van der Waals surface area contributed by atoms with Crippen LogP contribution in [0.25, 0.3) is 0 Å². The van der Waals surface area contributed by atoms with Crippen LogP contribution in [0.1, 0.15) is 46.5 Å². The van der Waals surface area contributed by atoms with Gasteiger partial charge in [0.2, 0.25) is 0 Å². The zero-order valence-electron chi connectivity index (χ0n) is 13.2. The molecule has 0 aliphatic carbocycles. The first-order valence-corrected chi connectivity index (χ1v) is 8.35. The summed E-state index contributed by atoms with van der Waals surface area (Å²) >= 11 is 0. The lowest BCUT2D eigenvalue weighted by Crippen LogP contribution is -2.39. The summed E-state index contributed by atoms with van der Waals surface area (Å²) in [5.41, 5.74) is 0. The largest absolute Gasteiger partial charge is 0.316 e. The van der Waals surface area contributed by atoms with E-state index in [1.165, 1.54) is 58.4 Å². The quantitative estimate of drug-likeness (QED) is 0.713. The number of nitrogens with zero attached hydrogens (tertiary/aromatic N) is 2. The van der Waals surface area contributed by atoms with E-state index in [4.69, 9.17) is 0 Å². The van der Waals surface area contributed by atoms with Crippen LogP contribution in [-0.4, -0.2) is 61.2 Å². The second-order valence-electron chi connectivity index (χ2n) is 6.92. The number of rotatable bonds is 7. The molecular weight excluding hydrogens is 234 g/mol. The number of hydrogen-bond donors (Lipinski definition) is 1. The van der Waals surface area contributed by atoms with Gasteiger partial charge in [-0.15, -0.1) is 0 Å². The zero-order valence-corrected chi connectivity index (χ0v) is 13.2. The molecule has 2 unspecified atom stereocenters. The Balaban J connectivity index is 1.62. The summed E-state index contributed by atoms with van der Waals surface area (Å²) in [6.45, 7) is 14.6. The number of hydrogen-bond acceptors (Lipinski definition) is 3. The van der Waals surface area contributed by atoms with Gasteiger partial charge < -0.3 is 5.32 Å². The van der Waals surface area contributed by atoms with Crippen molar-refractivity contribution >= 4 is 0 Å². The van der Waals surface area contributed by atoms with Gasteiger partial charge in [0.05, 0.1) is 0 Å². The van der Waals surface area contributed by atoms with Gasteiger partial charge >= 0.3 is 0 Å². The van der Waals surface area contributed by atoms with Gasteiger partial charge in [0, 0.05) is 25.2 Å². The van der Waals surface area contributed by atoms with Gasteiger partial charge in [-0.05, 0) is 64.7 Å². The lowest BCUT2D eigenvalue weighted by molar-refractivity contribution is 0.201. The van der Waals surface area contributed by atoms with Crippen LogP contribution in [-0.2, 0) is 0 Å². The van der Waals surface area contributed by atoms with E-state index in [0.29, 0.717) is 0 Å². The fraction of sp³-hybridized carbons (Fsp3) is 1.00. The van der Waals surface area contributed by atoms with E-state index in [2.05, 4.69) is 35.9 Å². The van der Waals surface area contributed by atoms with Crippen LogP contribution in [0.3, 0.4) is 0 Å². The third-order valence-electron chi connectivity index (χ3n) is 4.77. The highest BCUT2D eigenvalue weighted by Gasteiger charge is 2.30. The minimum Gasteiger partial charge on any atom is -0.316 e. The van der Waals surface area contributed by atoms with Gasteiger partial charge in [0.15, 0.2) is 0 Å². The van der Waals surface area contributed by atoms with Gasteiger partial charge in [-0.3, -0.25) is 9.80 Å². The molecule has 2 aliphatic rings. The maximum atomic E-state index is 3.57. The molecule has 1 N–H and O–H groups in total. The van der Waals surface area contributed by atoms with Crippen molar-refractivity contribution in [2.24, 2.45) is 5.92 Å². The molecule has 2 heterocycles. The molecule has 0 bridgehead atoms. The molecule has 19 heavy (non-hydrogen) atoms. The molecule has 0 aromatic heterocycles. The maximum Gasteiger partial charge on any atom is 0.0235 e. The van der Waals surface area contributed by atoms with E-state index >= 15 is 0 Å². The summed E-state index contributed by atoms with van der Waals surface area (Å²) in [5, 5.41) is 3.57. The normalized spacial score (nSPS) is 27.5. The van der Waals surface area contributed by atoms with Gasteiger partial charge in [0.1, 0.15) is 0 Å². The third-order valence-corrected chi connectivity index (χ3v) is 4.77. The molecule has 0 saturated carbocycles. The monoisotopic (exact) mass is 267 g/mol. The Hall–Kier alpha value is -0.120. The lowest BCUT2D eigenvalue weighted by Gasteiger charge is -2.27. The minimum atomic E-state index is 0.743.